The second kappa shape index (κ2) is 4.73. The third-order valence-electron chi connectivity index (χ3n) is 1.86. The first kappa shape index (κ1) is 11.4. The molecule has 1 atom stereocenters. The second-order valence-corrected chi connectivity index (χ2v) is 3.95. The Kier molecular flexibility index (Phi) is 3.86. The van der Waals surface area contributed by atoms with Gasteiger partial charge in [-0.05, 0) is 25.5 Å². The summed E-state index contributed by atoms with van der Waals surface area (Å²) in [5.41, 5.74) is 0. The molecule has 0 saturated carbocycles. The molecular weight excluding hydrogens is 254 g/mol. The van der Waals surface area contributed by atoms with Gasteiger partial charge in [0.2, 0.25) is 5.82 Å². The zero-order valence-electron chi connectivity index (χ0n) is 7.98. The molecule has 1 aromatic carbocycles. The fourth-order valence-electron chi connectivity index (χ4n) is 0.918. The Bertz CT molecular complexity index is 328. The number of benzene rings is 1. The van der Waals surface area contributed by atoms with Gasteiger partial charge in [-0.3, -0.25) is 0 Å². The second-order valence-electron chi connectivity index (χ2n) is 3.04. The van der Waals surface area contributed by atoms with Gasteiger partial charge in [-0.2, -0.15) is 4.39 Å². The number of hydrogen-bond acceptors (Lipinski definition) is 1. The smallest absolute Gasteiger partial charge is 0.200 e. The van der Waals surface area contributed by atoms with Crippen LogP contribution < -0.4 is 4.74 Å². The van der Waals surface area contributed by atoms with Crippen LogP contribution >= 0.6 is 15.9 Å². The molecule has 0 aliphatic rings. The molecule has 0 fully saturated rings. The molecule has 0 aliphatic heterocycles. The molecule has 14 heavy (non-hydrogen) atoms. The fourth-order valence-corrected chi connectivity index (χ4v) is 1.33. The van der Waals surface area contributed by atoms with Crippen LogP contribution in [0.25, 0.3) is 0 Å². The molecule has 0 aromatic heterocycles. The summed E-state index contributed by atoms with van der Waals surface area (Å²) in [6.45, 7) is 3.72. The molecule has 0 bridgehead atoms. The molecule has 0 spiro atoms. The molecule has 1 unspecified atom stereocenters. The summed E-state index contributed by atoms with van der Waals surface area (Å²) in [5.74, 6) is -1.89. The van der Waals surface area contributed by atoms with E-state index >= 15 is 0 Å². The molecule has 0 saturated heterocycles. The van der Waals surface area contributed by atoms with Gasteiger partial charge in [0.1, 0.15) is 0 Å². The molecule has 0 radical (unpaired) electrons. The maximum atomic E-state index is 13.2. The van der Waals surface area contributed by atoms with E-state index < -0.39 is 11.6 Å². The third kappa shape index (κ3) is 2.67. The van der Waals surface area contributed by atoms with E-state index in [0.717, 1.165) is 12.5 Å². The van der Waals surface area contributed by atoms with Crippen molar-refractivity contribution in [2.75, 3.05) is 0 Å². The minimum atomic E-state index is -0.937. The van der Waals surface area contributed by atoms with Crippen LogP contribution in [-0.2, 0) is 0 Å². The van der Waals surface area contributed by atoms with Gasteiger partial charge >= 0.3 is 0 Å². The predicted molar refractivity (Wildman–Crippen MR) is 54.4 cm³/mol. The molecule has 0 heterocycles. The molecule has 0 amide bonds. The Morgan fingerprint density at radius 2 is 2.07 bits per heavy atom. The number of halogens is 3. The maximum absolute atomic E-state index is 13.2. The molecule has 4 heteroatoms. The van der Waals surface area contributed by atoms with Gasteiger partial charge in [-0.15, -0.1) is 0 Å². The van der Waals surface area contributed by atoms with Crippen molar-refractivity contribution in [3.8, 4) is 5.75 Å². The van der Waals surface area contributed by atoms with E-state index in [9.17, 15) is 8.78 Å². The summed E-state index contributed by atoms with van der Waals surface area (Å²) in [7, 11) is 0. The Morgan fingerprint density at radius 3 is 2.64 bits per heavy atom. The van der Waals surface area contributed by atoms with E-state index in [1.54, 1.807) is 6.92 Å². The molecule has 78 valence electrons. The van der Waals surface area contributed by atoms with E-state index in [2.05, 4.69) is 15.9 Å². The zero-order valence-corrected chi connectivity index (χ0v) is 9.57. The lowest BCUT2D eigenvalue weighted by atomic mass is 10.3. The van der Waals surface area contributed by atoms with Gasteiger partial charge in [-0.1, -0.05) is 22.9 Å². The lowest BCUT2D eigenvalue weighted by molar-refractivity contribution is 0.205. The van der Waals surface area contributed by atoms with Crippen LogP contribution in [0.3, 0.4) is 0 Å². The predicted octanol–water partition coefficient (Wildman–Crippen LogP) is 3.90. The first-order valence-corrected chi connectivity index (χ1v) is 5.15. The summed E-state index contributed by atoms with van der Waals surface area (Å²) in [4.78, 5) is 0. The van der Waals surface area contributed by atoms with Crippen molar-refractivity contribution in [2.24, 2.45) is 0 Å². The number of rotatable bonds is 3. The van der Waals surface area contributed by atoms with Gasteiger partial charge in [0.05, 0.1) is 6.10 Å². The summed E-state index contributed by atoms with van der Waals surface area (Å²) in [6, 6.07) is 2.49. The minimum absolute atomic E-state index is 0.0498. The SMILES string of the molecule is CCC(C)Oc1cc(Br)cc(F)c1F. The van der Waals surface area contributed by atoms with Crippen LogP contribution in [0.2, 0.25) is 0 Å². The maximum Gasteiger partial charge on any atom is 0.200 e. The number of ether oxygens (including phenoxy) is 1. The lowest BCUT2D eigenvalue weighted by Gasteiger charge is -2.13. The van der Waals surface area contributed by atoms with Crippen LogP contribution in [0, 0.1) is 11.6 Å². The van der Waals surface area contributed by atoms with Gasteiger partial charge in [-0.25, -0.2) is 4.39 Å². The number of hydrogen-bond donors (Lipinski definition) is 0. The van der Waals surface area contributed by atoms with Gasteiger partial charge in [0.25, 0.3) is 0 Å². The van der Waals surface area contributed by atoms with Crippen LogP contribution in [0.4, 0.5) is 8.78 Å². The average Bonchev–Trinajstić information content (AvgIpc) is 2.13. The van der Waals surface area contributed by atoms with Crippen molar-refractivity contribution in [1.29, 1.82) is 0 Å². The Balaban J connectivity index is 2.96. The van der Waals surface area contributed by atoms with Crippen LogP contribution in [0.1, 0.15) is 20.3 Å². The van der Waals surface area contributed by atoms with E-state index in [4.69, 9.17) is 4.74 Å². The monoisotopic (exact) mass is 264 g/mol. The molecule has 0 aliphatic carbocycles. The Labute approximate surface area is 90.2 Å². The van der Waals surface area contributed by atoms with Crippen molar-refractivity contribution < 1.29 is 13.5 Å². The standard InChI is InChI=1S/C10H11BrF2O/c1-3-6(2)14-9-5-7(11)4-8(12)10(9)13/h4-6H,3H2,1-2H3. The Morgan fingerprint density at radius 1 is 1.43 bits per heavy atom. The van der Waals surface area contributed by atoms with E-state index in [1.165, 1.54) is 6.07 Å². The van der Waals surface area contributed by atoms with Crippen LogP contribution in [-0.4, -0.2) is 6.10 Å². The highest BCUT2D eigenvalue weighted by Gasteiger charge is 2.12. The average molecular weight is 265 g/mol. The van der Waals surface area contributed by atoms with Crippen molar-refractivity contribution in [2.45, 2.75) is 26.4 Å². The highest BCUT2D eigenvalue weighted by Crippen LogP contribution is 2.26. The molecule has 1 rings (SSSR count). The first-order chi connectivity index (χ1) is 6.54. The summed E-state index contributed by atoms with van der Waals surface area (Å²) < 4.78 is 31.7. The van der Waals surface area contributed by atoms with Crippen molar-refractivity contribution in [3.05, 3.63) is 28.2 Å². The highest BCUT2D eigenvalue weighted by molar-refractivity contribution is 9.10. The highest BCUT2D eigenvalue weighted by atomic mass is 79.9. The fraction of sp³-hybridized carbons (Fsp3) is 0.400. The minimum Gasteiger partial charge on any atom is -0.488 e. The summed E-state index contributed by atoms with van der Waals surface area (Å²) >= 11 is 3.07. The van der Waals surface area contributed by atoms with Gasteiger partial charge in [0.15, 0.2) is 11.6 Å². The normalized spacial score (nSPS) is 12.6. The van der Waals surface area contributed by atoms with Crippen LogP contribution in [0.15, 0.2) is 16.6 Å². The van der Waals surface area contributed by atoms with Crippen molar-refractivity contribution in [3.63, 3.8) is 0 Å². The van der Waals surface area contributed by atoms with E-state index in [1.807, 2.05) is 6.92 Å². The molecule has 1 aromatic rings. The quantitative estimate of drug-likeness (QED) is 0.753. The summed E-state index contributed by atoms with van der Waals surface area (Å²) in [5, 5.41) is 0. The molecule has 1 nitrogen and oxygen atoms in total. The molecule has 0 N–H and O–H groups in total. The van der Waals surface area contributed by atoms with Crippen LogP contribution in [0.5, 0.6) is 5.75 Å². The topological polar surface area (TPSA) is 9.23 Å². The van der Waals surface area contributed by atoms with Crippen molar-refractivity contribution in [1.82, 2.24) is 0 Å². The van der Waals surface area contributed by atoms with Gasteiger partial charge in [0, 0.05) is 4.47 Å². The molecular formula is C10H11BrF2O. The summed E-state index contributed by atoms with van der Waals surface area (Å²) in [6.07, 6.45) is 0.617. The zero-order chi connectivity index (χ0) is 10.7. The first-order valence-electron chi connectivity index (χ1n) is 4.35. The van der Waals surface area contributed by atoms with E-state index in [0.29, 0.717) is 4.47 Å². The van der Waals surface area contributed by atoms with Crippen molar-refractivity contribution >= 4 is 15.9 Å². The lowest BCUT2D eigenvalue weighted by Crippen LogP contribution is -2.11. The van der Waals surface area contributed by atoms with Gasteiger partial charge < -0.3 is 4.74 Å². The largest absolute Gasteiger partial charge is 0.488 e. The third-order valence-corrected chi connectivity index (χ3v) is 2.32. The van der Waals surface area contributed by atoms with E-state index in [-0.39, 0.29) is 11.9 Å². The Hall–Kier alpha value is -0.640.